The molecule has 0 radical (unpaired) electrons. The number of fused-ring (bicyclic) bond motifs is 2. The number of aromatic nitrogens is 5. The number of aryl methyl sites for hydroxylation is 2. The minimum atomic E-state index is -0.369. The molecule has 0 aliphatic carbocycles. The van der Waals surface area contributed by atoms with Gasteiger partial charge in [0.2, 0.25) is 0 Å². The highest BCUT2D eigenvalue weighted by Crippen LogP contribution is 2.35. The molecule has 0 bridgehead atoms. The van der Waals surface area contributed by atoms with Gasteiger partial charge < -0.3 is 15.5 Å². The van der Waals surface area contributed by atoms with E-state index in [0.717, 1.165) is 50.1 Å². The molecule has 0 spiro atoms. The van der Waals surface area contributed by atoms with E-state index in [2.05, 4.69) is 47.3 Å². The normalized spacial score (nSPS) is 14.2. The molecule has 1 aliphatic rings. The summed E-state index contributed by atoms with van der Waals surface area (Å²) in [7, 11) is 1.94. The van der Waals surface area contributed by atoms with E-state index in [1.54, 1.807) is 4.90 Å². The smallest absolute Gasteiger partial charge is 0.314 e. The summed E-state index contributed by atoms with van der Waals surface area (Å²) in [5.41, 5.74) is 11.4. The standard InChI is InChI=1S/C26H26N8O/c1-17-5-3-7-20-24(19-6-4-8-22-21(19)16-31(2)29-22)30-34(25(17)20)18-9-10-23(28-15-18)32-11-13-33(14-12-32)26(27)35/h3-10,15-16H,11-14H2,1-2H3,(H2,27,35). The molecule has 2 amide bonds. The molecular weight excluding hydrogens is 440 g/mol. The van der Waals surface area contributed by atoms with Gasteiger partial charge in [-0.15, -0.1) is 0 Å². The lowest BCUT2D eigenvalue weighted by molar-refractivity contribution is 0.204. The number of pyridine rings is 1. The molecule has 0 unspecified atom stereocenters. The maximum Gasteiger partial charge on any atom is 0.314 e. The third-order valence-corrected chi connectivity index (χ3v) is 6.72. The second kappa shape index (κ2) is 8.12. The largest absolute Gasteiger partial charge is 0.353 e. The van der Waals surface area contributed by atoms with Crippen molar-refractivity contribution in [2.24, 2.45) is 12.8 Å². The van der Waals surface area contributed by atoms with Gasteiger partial charge in [0, 0.05) is 55.8 Å². The molecule has 4 heterocycles. The van der Waals surface area contributed by atoms with Crippen LogP contribution in [0.5, 0.6) is 0 Å². The van der Waals surface area contributed by atoms with Crippen molar-refractivity contribution in [2.45, 2.75) is 6.92 Å². The minimum absolute atomic E-state index is 0.369. The highest BCUT2D eigenvalue weighted by atomic mass is 16.2. The Morgan fingerprint density at radius 3 is 2.49 bits per heavy atom. The highest BCUT2D eigenvalue weighted by molar-refractivity contribution is 6.03. The lowest BCUT2D eigenvalue weighted by Gasteiger charge is -2.34. The fourth-order valence-electron chi connectivity index (χ4n) is 4.94. The van der Waals surface area contributed by atoms with Crippen LogP contribution in [0.1, 0.15) is 5.56 Å². The quantitative estimate of drug-likeness (QED) is 0.439. The van der Waals surface area contributed by atoms with Crippen LogP contribution < -0.4 is 10.6 Å². The van der Waals surface area contributed by atoms with Crippen LogP contribution in [0, 0.1) is 6.92 Å². The molecule has 2 aromatic carbocycles. The molecule has 9 heteroatoms. The summed E-state index contributed by atoms with van der Waals surface area (Å²) in [6.07, 6.45) is 3.91. The molecule has 0 saturated carbocycles. The Morgan fingerprint density at radius 2 is 1.74 bits per heavy atom. The second-order valence-electron chi connectivity index (χ2n) is 8.96. The Hall–Kier alpha value is -4.40. The molecule has 1 fully saturated rings. The van der Waals surface area contributed by atoms with Crippen LogP contribution in [0.4, 0.5) is 10.6 Å². The van der Waals surface area contributed by atoms with E-state index in [4.69, 9.17) is 15.8 Å². The second-order valence-corrected chi connectivity index (χ2v) is 8.96. The first-order chi connectivity index (χ1) is 17.0. The maximum absolute atomic E-state index is 11.4. The van der Waals surface area contributed by atoms with Crippen molar-refractivity contribution < 1.29 is 4.79 Å². The first-order valence-corrected chi connectivity index (χ1v) is 11.7. The van der Waals surface area contributed by atoms with E-state index < -0.39 is 0 Å². The fraction of sp³-hybridized carbons (Fsp3) is 0.231. The Kier molecular flexibility index (Phi) is 4.91. The van der Waals surface area contributed by atoms with Gasteiger partial charge in [-0.05, 0) is 30.7 Å². The molecule has 0 atom stereocenters. The van der Waals surface area contributed by atoms with Crippen LogP contribution >= 0.6 is 0 Å². The fourth-order valence-corrected chi connectivity index (χ4v) is 4.94. The number of anilines is 1. The molecule has 1 aliphatic heterocycles. The first kappa shape index (κ1) is 21.2. The van der Waals surface area contributed by atoms with Crippen LogP contribution in [0.3, 0.4) is 0 Å². The zero-order valence-corrected chi connectivity index (χ0v) is 19.7. The number of rotatable bonds is 3. The molecule has 2 N–H and O–H groups in total. The number of carbonyl (C=O) groups excluding carboxylic acids is 1. The topological polar surface area (TPSA) is 98.1 Å². The van der Waals surface area contributed by atoms with E-state index in [-0.39, 0.29) is 6.03 Å². The summed E-state index contributed by atoms with van der Waals surface area (Å²) in [5.74, 6) is 0.881. The van der Waals surface area contributed by atoms with Crippen LogP contribution in [-0.4, -0.2) is 61.7 Å². The first-order valence-electron chi connectivity index (χ1n) is 11.7. The summed E-state index contributed by atoms with van der Waals surface area (Å²) < 4.78 is 3.82. The van der Waals surface area contributed by atoms with Crippen molar-refractivity contribution >= 4 is 33.7 Å². The summed E-state index contributed by atoms with van der Waals surface area (Å²) in [5, 5.41) is 11.8. The van der Waals surface area contributed by atoms with Gasteiger partial charge >= 0.3 is 6.03 Å². The van der Waals surface area contributed by atoms with Gasteiger partial charge in [-0.1, -0.05) is 30.3 Å². The van der Waals surface area contributed by atoms with Crippen molar-refractivity contribution in [1.82, 2.24) is 29.4 Å². The van der Waals surface area contributed by atoms with Crippen LogP contribution in [0.2, 0.25) is 0 Å². The maximum atomic E-state index is 11.4. The average Bonchev–Trinajstić information content (AvgIpc) is 3.45. The lowest BCUT2D eigenvalue weighted by Crippen LogP contribution is -2.50. The Morgan fingerprint density at radius 1 is 0.943 bits per heavy atom. The van der Waals surface area contributed by atoms with Crippen molar-refractivity contribution in [3.05, 3.63) is 66.5 Å². The molecule has 6 rings (SSSR count). The predicted molar refractivity (Wildman–Crippen MR) is 137 cm³/mol. The number of hydrogen-bond donors (Lipinski definition) is 1. The van der Waals surface area contributed by atoms with Crippen molar-refractivity contribution in [3.63, 3.8) is 0 Å². The number of carbonyl (C=O) groups is 1. The van der Waals surface area contributed by atoms with E-state index >= 15 is 0 Å². The van der Waals surface area contributed by atoms with Crippen molar-refractivity contribution in [3.8, 4) is 16.9 Å². The average molecular weight is 467 g/mol. The zero-order valence-electron chi connectivity index (χ0n) is 19.7. The van der Waals surface area contributed by atoms with Gasteiger partial charge in [0.25, 0.3) is 0 Å². The number of para-hydroxylation sites is 1. The van der Waals surface area contributed by atoms with Gasteiger partial charge in [-0.2, -0.15) is 10.2 Å². The van der Waals surface area contributed by atoms with Crippen LogP contribution in [-0.2, 0) is 7.05 Å². The van der Waals surface area contributed by atoms with Gasteiger partial charge in [-0.3, -0.25) is 4.68 Å². The van der Waals surface area contributed by atoms with Gasteiger partial charge in [-0.25, -0.2) is 14.5 Å². The molecule has 5 aromatic rings. The molecule has 9 nitrogen and oxygen atoms in total. The SMILES string of the molecule is Cc1cccc2c(-c3cccc4nn(C)cc34)nn(-c3ccc(N4CCN(C(N)=O)CC4)nc3)c12. The minimum Gasteiger partial charge on any atom is -0.353 e. The third kappa shape index (κ3) is 3.56. The van der Waals surface area contributed by atoms with Crippen LogP contribution in [0.15, 0.2) is 60.9 Å². The zero-order chi connectivity index (χ0) is 24.1. The Balaban J connectivity index is 1.41. The van der Waals surface area contributed by atoms with Gasteiger partial charge in [0.15, 0.2) is 0 Å². The van der Waals surface area contributed by atoms with Crippen LogP contribution in [0.25, 0.3) is 38.8 Å². The number of urea groups is 1. The number of nitrogens with two attached hydrogens (primary N) is 1. The summed E-state index contributed by atoms with van der Waals surface area (Å²) in [6, 6.07) is 16.2. The van der Waals surface area contributed by atoms with E-state index in [0.29, 0.717) is 26.2 Å². The summed E-state index contributed by atoms with van der Waals surface area (Å²) in [4.78, 5) is 20.0. The number of benzene rings is 2. The molecule has 176 valence electrons. The highest BCUT2D eigenvalue weighted by Gasteiger charge is 2.21. The van der Waals surface area contributed by atoms with Crippen molar-refractivity contribution in [2.75, 3.05) is 31.1 Å². The molecule has 35 heavy (non-hydrogen) atoms. The number of amides is 2. The number of piperazine rings is 1. The molecule has 1 saturated heterocycles. The number of nitrogens with zero attached hydrogens (tertiary/aromatic N) is 7. The Labute approximate surface area is 202 Å². The molecule has 3 aromatic heterocycles. The van der Waals surface area contributed by atoms with Gasteiger partial charge in [0.05, 0.1) is 22.9 Å². The molecular formula is C26H26N8O. The number of hydrogen-bond acceptors (Lipinski definition) is 5. The lowest BCUT2D eigenvalue weighted by atomic mass is 10.0. The third-order valence-electron chi connectivity index (χ3n) is 6.72. The monoisotopic (exact) mass is 466 g/mol. The van der Waals surface area contributed by atoms with E-state index in [1.807, 2.05) is 47.0 Å². The number of primary amides is 1. The Bertz CT molecular complexity index is 1560. The van der Waals surface area contributed by atoms with Crippen molar-refractivity contribution in [1.29, 1.82) is 0 Å². The summed E-state index contributed by atoms with van der Waals surface area (Å²) in [6.45, 7) is 4.72. The predicted octanol–water partition coefficient (Wildman–Crippen LogP) is 3.48. The van der Waals surface area contributed by atoms with E-state index in [1.165, 1.54) is 0 Å². The van der Waals surface area contributed by atoms with E-state index in [9.17, 15) is 4.79 Å². The van der Waals surface area contributed by atoms with Gasteiger partial charge in [0.1, 0.15) is 11.5 Å². The summed E-state index contributed by atoms with van der Waals surface area (Å²) >= 11 is 0.